The molecule has 0 radical (unpaired) electrons. The fourth-order valence-electron chi connectivity index (χ4n) is 3.39. The van der Waals surface area contributed by atoms with Crippen molar-refractivity contribution >= 4 is 17.9 Å². The first-order valence-corrected chi connectivity index (χ1v) is 8.33. The molecular formula is C15H23N5O3. The second-order valence-electron chi connectivity index (χ2n) is 6.39. The number of nitrogens with one attached hydrogen (secondary N) is 1. The quantitative estimate of drug-likeness (QED) is 0.888. The van der Waals surface area contributed by atoms with Gasteiger partial charge < -0.3 is 10.0 Å². The molecule has 8 nitrogen and oxygen atoms in total. The molecule has 2 N–H and O–H groups in total. The summed E-state index contributed by atoms with van der Waals surface area (Å²) in [6, 6.07) is 0.0469. The number of hydrogen-bond donors (Lipinski definition) is 2. The number of aromatic nitrogens is 3. The van der Waals surface area contributed by atoms with E-state index in [0.717, 1.165) is 12.8 Å². The average Bonchev–Trinajstić information content (AvgIpc) is 3.04. The first-order chi connectivity index (χ1) is 11.1. The zero-order valence-corrected chi connectivity index (χ0v) is 13.1. The van der Waals surface area contributed by atoms with Gasteiger partial charge in [0.2, 0.25) is 5.95 Å². The van der Waals surface area contributed by atoms with Crippen LogP contribution < -0.4 is 5.32 Å². The number of rotatable bonds is 3. The molecule has 1 saturated heterocycles. The molecule has 0 spiro atoms. The second kappa shape index (κ2) is 6.97. The summed E-state index contributed by atoms with van der Waals surface area (Å²) >= 11 is 0. The monoisotopic (exact) mass is 321 g/mol. The maximum Gasteiger partial charge on any atom is 0.324 e. The topological polar surface area (TPSA) is 100 Å². The Kier molecular flexibility index (Phi) is 4.78. The summed E-state index contributed by atoms with van der Waals surface area (Å²) in [4.78, 5) is 29.0. The van der Waals surface area contributed by atoms with Crippen LogP contribution in [0, 0.1) is 5.92 Å². The van der Waals surface area contributed by atoms with Crippen molar-refractivity contribution in [2.24, 2.45) is 5.92 Å². The van der Waals surface area contributed by atoms with Gasteiger partial charge in [0.05, 0.1) is 12.0 Å². The van der Waals surface area contributed by atoms with E-state index >= 15 is 0 Å². The van der Waals surface area contributed by atoms with E-state index in [1.165, 1.54) is 24.2 Å². The number of urea groups is 1. The Bertz CT molecular complexity index is 567. The van der Waals surface area contributed by atoms with Gasteiger partial charge in [0.25, 0.3) is 0 Å². The van der Waals surface area contributed by atoms with Gasteiger partial charge in [-0.3, -0.25) is 10.1 Å². The van der Waals surface area contributed by atoms with Gasteiger partial charge in [-0.15, -0.1) is 5.10 Å². The van der Waals surface area contributed by atoms with E-state index in [9.17, 15) is 9.59 Å². The van der Waals surface area contributed by atoms with Crippen LogP contribution in [-0.4, -0.2) is 49.9 Å². The minimum Gasteiger partial charge on any atom is -0.481 e. The number of carboxylic acid groups (broad SMARTS) is 1. The van der Waals surface area contributed by atoms with Crippen LogP contribution in [0.3, 0.4) is 0 Å². The third kappa shape index (κ3) is 3.80. The molecule has 8 heteroatoms. The van der Waals surface area contributed by atoms with Crippen molar-refractivity contribution in [3.05, 3.63) is 6.33 Å². The lowest BCUT2D eigenvalue weighted by Crippen LogP contribution is -2.44. The molecule has 3 rings (SSSR count). The van der Waals surface area contributed by atoms with Crippen molar-refractivity contribution in [1.82, 2.24) is 19.7 Å². The van der Waals surface area contributed by atoms with E-state index in [2.05, 4.69) is 15.4 Å². The Morgan fingerprint density at radius 3 is 2.70 bits per heavy atom. The van der Waals surface area contributed by atoms with Crippen molar-refractivity contribution in [3.8, 4) is 0 Å². The van der Waals surface area contributed by atoms with Crippen LogP contribution in [0.2, 0.25) is 0 Å². The van der Waals surface area contributed by atoms with E-state index in [-0.39, 0.29) is 18.5 Å². The highest BCUT2D eigenvalue weighted by Gasteiger charge is 2.28. The normalized spacial score (nSPS) is 22.8. The Balaban J connectivity index is 1.57. The van der Waals surface area contributed by atoms with Gasteiger partial charge in [-0.25, -0.2) is 14.5 Å². The molecule has 0 aromatic carbocycles. The number of likely N-dealkylation sites (tertiary alicyclic amines) is 1. The molecule has 1 unspecified atom stereocenters. The Labute approximate surface area is 134 Å². The van der Waals surface area contributed by atoms with Crippen molar-refractivity contribution in [3.63, 3.8) is 0 Å². The van der Waals surface area contributed by atoms with Crippen LogP contribution in [0.1, 0.15) is 51.0 Å². The SMILES string of the molecule is O=C(O)C1CCCN(C(=O)Nc2ncn(C3CCCCC3)n2)C1. The minimum absolute atomic E-state index is 0.241. The fraction of sp³-hybridized carbons (Fsp3) is 0.733. The summed E-state index contributed by atoms with van der Waals surface area (Å²) in [5.74, 6) is -1.04. The summed E-state index contributed by atoms with van der Waals surface area (Å²) in [6.45, 7) is 0.809. The molecular weight excluding hydrogens is 298 g/mol. The van der Waals surface area contributed by atoms with Crippen LogP contribution >= 0.6 is 0 Å². The number of aliphatic carboxylic acids is 1. The van der Waals surface area contributed by atoms with Crippen LogP contribution in [-0.2, 0) is 4.79 Å². The lowest BCUT2D eigenvalue weighted by molar-refractivity contribution is -0.143. The Morgan fingerprint density at radius 2 is 1.96 bits per heavy atom. The number of piperidine rings is 1. The molecule has 0 bridgehead atoms. The van der Waals surface area contributed by atoms with E-state index in [1.54, 1.807) is 6.33 Å². The predicted molar refractivity (Wildman–Crippen MR) is 83.1 cm³/mol. The van der Waals surface area contributed by atoms with Gasteiger partial charge in [-0.2, -0.15) is 0 Å². The molecule has 2 fully saturated rings. The standard InChI is InChI=1S/C15H23N5O3/c21-13(22)11-5-4-8-19(9-11)15(23)17-14-16-10-20(18-14)12-6-2-1-3-7-12/h10-12H,1-9H2,(H,21,22)(H,17,18,23). The predicted octanol–water partition coefficient (Wildman–Crippen LogP) is 2.11. The summed E-state index contributed by atoms with van der Waals surface area (Å²) in [5, 5.41) is 16.1. The van der Waals surface area contributed by atoms with Crippen molar-refractivity contribution in [2.75, 3.05) is 18.4 Å². The van der Waals surface area contributed by atoms with Crippen LogP contribution in [0.15, 0.2) is 6.33 Å². The maximum absolute atomic E-state index is 12.3. The lowest BCUT2D eigenvalue weighted by Gasteiger charge is -2.30. The number of carboxylic acids is 1. The van der Waals surface area contributed by atoms with E-state index < -0.39 is 11.9 Å². The molecule has 1 atom stereocenters. The first-order valence-electron chi connectivity index (χ1n) is 8.33. The molecule has 23 heavy (non-hydrogen) atoms. The molecule has 2 heterocycles. The summed E-state index contributed by atoms with van der Waals surface area (Å²) in [7, 11) is 0. The number of hydrogen-bond acceptors (Lipinski definition) is 4. The van der Waals surface area contributed by atoms with Gasteiger partial charge in [-0.1, -0.05) is 19.3 Å². The van der Waals surface area contributed by atoms with Gasteiger partial charge in [0.1, 0.15) is 6.33 Å². The first kappa shape index (κ1) is 15.8. The van der Waals surface area contributed by atoms with Gasteiger partial charge in [-0.05, 0) is 25.7 Å². The zero-order valence-electron chi connectivity index (χ0n) is 13.1. The van der Waals surface area contributed by atoms with Gasteiger partial charge >= 0.3 is 12.0 Å². The number of amides is 2. The summed E-state index contributed by atoms with van der Waals surface area (Å²) in [5.41, 5.74) is 0. The number of nitrogens with zero attached hydrogens (tertiary/aromatic N) is 4. The number of carbonyl (C=O) groups is 2. The molecule has 1 aliphatic carbocycles. The highest BCUT2D eigenvalue weighted by atomic mass is 16.4. The smallest absolute Gasteiger partial charge is 0.324 e. The van der Waals surface area contributed by atoms with E-state index in [1.807, 2.05) is 4.68 Å². The van der Waals surface area contributed by atoms with Crippen molar-refractivity contribution < 1.29 is 14.7 Å². The van der Waals surface area contributed by atoms with Crippen molar-refractivity contribution in [2.45, 2.75) is 51.0 Å². The lowest BCUT2D eigenvalue weighted by atomic mass is 9.96. The molecule has 2 amide bonds. The minimum atomic E-state index is -0.845. The van der Waals surface area contributed by atoms with E-state index in [4.69, 9.17) is 5.11 Å². The van der Waals surface area contributed by atoms with Gasteiger partial charge in [0.15, 0.2) is 0 Å². The number of carbonyl (C=O) groups excluding carboxylic acids is 1. The molecule has 2 aliphatic rings. The average molecular weight is 321 g/mol. The van der Waals surface area contributed by atoms with Gasteiger partial charge in [0, 0.05) is 13.1 Å². The Morgan fingerprint density at radius 1 is 1.17 bits per heavy atom. The third-order valence-corrected chi connectivity index (χ3v) is 4.73. The molecule has 1 aromatic heterocycles. The number of anilines is 1. The van der Waals surface area contributed by atoms with Crippen LogP contribution in [0.5, 0.6) is 0 Å². The highest BCUT2D eigenvalue weighted by molar-refractivity contribution is 5.87. The van der Waals surface area contributed by atoms with Crippen LogP contribution in [0.25, 0.3) is 0 Å². The Hall–Kier alpha value is -2.12. The van der Waals surface area contributed by atoms with E-state index in [0.29, 0.717) is 25.4 Å². The second-order valence-corrected chi connectivity index (χ2v) is 6.39. The van der Waals surface area contributed by atoms with Crippen LogP contribution in [0.4, 0.5) is 10.7 Å². The molecule has 126 valence electrons. The zero-order chi connectivity index (χ0) is 16.2. The molecule has 1 aliphatic heterocycles. The highest BCUT2D eigenvalue weighted by Crippen LogP contribution is 2.27. The summed E-state index contributed by atoms with van der Waals surface area (Å²) < 4.78 is 1.84. The largest absolute Gasteiger partial charge is 0.481 e. The molecule has 1 saturated carbocycles. The summed E-state index contributed by atoms with van der Waals surface area (Å²) in [6.07, 6.45) is 8.87. The molecule has 1 aromatic rings. The maximum atomic E-state index is 12.3. The fourth-order valence-corrected chi connectivity index (χ4v) is 3.39. The third-order valence-electron chi connectivity index (χ3n) is 4.73. The van der Waals surface area contributed by atoms with Crippen molar-refractivity contribution in [1.29, 1.82) is 0 Å².